The van der Waals surface area contributed by atoms with E-state index in [1.165, 1.54) is 55.9 Å². The Morgan fingerprint density at radius 3 is 1.15 bits per heavy atom. The predicted octanol–water partition coefficient (Wildman–Crippen LogP) is 14.8. The van der Waals surface area contributed by atoms with E-state index in [2.05, 4.69) is 431 Å². The Bertz CT molecular complexity index is 3680. The largest absolute Gasteiger partial charge is 2.00 e. The molecule has 0 bridgehead atoms. The van der Waals surface area contributed by atoms with Crippen molar-refractivity contribution in [1.29, 1.82) is 0 Å². The van der Waals surface area contributed by atoms with Crippen molar-refractivity contribution in [3.8, 4) is 0 Å². The van der Waals surface area contributed by atoms with E-state index in [0.717, 1.165) is 32.7 Å². The maximum absolute atomic E-state index is 3.43. The summed E-state index contributed by atoms with van der Waals surface area (Å²) in [5, 5.41) is 0. The summed E-state index contributed by atoms with van der Waals surface area (Å²) in [5.74, 6) is 0. The average Bonchev–Trinajstić information content (AvgIpc) is 0.772. The molecule has 5 aliphatic rings. The van der Waals surface area contributed by atoms with Crippen molar-refractivity contribution in [3.05, 3.63) is 272 Å². The topological polar surface area (TPSA) is 45.4 Å². The van der Waals surface area contributed by atoms with E-state index in [-0.39, 0.29) is 117 Å². The number of hydrogen-bond donors (Lipinski definition) is 0. The Kier molecular flexibility index (Phi) is 43.4. The molecule has 14 nitrogen and oxygen atoms in total. The van der Waals surface area contributed by atoms with E-state index in [1.807, 2.05) is 36.4 Å². The third-order valence-corrected chi connectivity index (χ3v) is 22.5. The standard InChI is InChI=1S/C20H27B2N3.C17H21B2N3.C16H27B2N3.C15H24B2N2.C12H19B2N3.5Os/c1-20(2,3)25-21(4)23(16-18-12-8-6-9-13-18)17-24(22(25)5)19-14-10-7-11-15-19;1-18-20(3)19(2)22(17-12-8-5-9-13-17)15-21(18)14-16-10-6-4-7-11-16;1-16(2,3)15-10-8-9-14(11-15)12-21-13-19(6)17(4)20(7)18(21)5;1-12-7-8-15(13(2)9-12)10-19-11-18(6)16(4)14(3)17(19)5;1-13-15(3)11-17(14(2)16(13)4)10-12-8-6-5-7-9-12;;;;;/h6-12,14-15,17H,16H2,1-5H3;4-10,12-13,15H,14H2,1-3H3;8,10-11,13H,12H2,1-7H3;7,9,11,14H,10H2,1-6H3;5-8,11H,10H2,1-4H3;;;;;/q5*-2;5*+2. The zero-order valence-corrected chi connectivity index (χ0v) is 82.6. The van der Waals surface area contributed by atoms with Gasteiger partial charge in [0.25, 0.3) is 55.9 Å². The number of aryl methyl sites for hydroxylation is 2. The molecule has 29 heteroatoms. The van der Waals surface area contributed by atoms with Gasteiger partial charge < -0.3 is 67.0 Å². The summed E-state index contributed by atoms with van der Waals surface area (Å²) < 4.78 is 9.70. The molecular weight excluding hydrogens is 2220 g/mol. The van der Waals surface area contributed by atoms with Gasteiger partial charge >= 0.3 is 99.0 Å². The minimum atomic E-state index is 0. The Morgan fingerprint density at radius 1 is 0.367 bits per heavy atom. The molecular formula is C80H118B10N14Os5. The first-order valence-electron chi connectivity index (χ1n) is 37.9. The molecule has 0 spiro atoms. The van der Waals surface area contributed by atoms with Gasteiger partial charge in [0.1, 0.15) is 0 Å². The van der Waals surface area contributed by atoms with Gasteiger partial charge in [-0.2, -0.15) is 172 Å². The van der Waals surface area contributed by atoms with Gasteiger partial charge in [0.05, 0.1) is 0 Å². The zero-order valence-electron chi connectivity index (χ0n) is 69.9. The summed E-state index contributed by atoms with van der Waals surface area (Å²) in [6, 6.07) is 73.4. The summed E-state index contributed by atoms with van der Waals surface area (Å²) in [5.41, 5.74) is 13.6. The van der Waals surface area contributed by atoms with E-state index in [9.17, 15) is 0 Å². The molecule has 5 fully saturated rings. The van der Waals surface area contributed by atoms with Crippen LogP contribution in [0.15, 0.2) is 164 Å². The molecule has 0 N–H and O–H groups in total. The van der Waals surface area contributed by atoms with Crippen molar-refractivity contribution in [2.45, 2.75) is 180 Å². The minimum Gasteiger partial charge on any atom is -0.541 e. The van der Waals surface area contributed by atoms with Gasteiger partial charge in [-0.05, 0) is 135 Å². The van der Waals surface area contributed by atoms with Crippen LogP contribution < -0.4 is 9.62 Å². The fraction of sp³-hybridized carbons (Fsp3) is 0.412. The van der Waals surface area contributed by atoms with Crippen molar-refractivity contribution >= 4 is 80.9 Å². The first-order chi connectivity index (χ1) is 49.2. The fourth-order valence-electron chi connectivity index (χ4n) is 14.4. The number of rotatable bonds is 12. The van der Waals surface area contributed by atoms with Crippen LogP contribution in [0.1, 0.15) is 93.0 Å². The second-order valence-corrected chi connectivity index (χ2v) is 31.7. The fourth-order valence-corrected chi connectivity index (χ4v) is 14.4. The predicted molar refractivity (Wildman–Crippen MR) is 455 cm³/mol. The molecule has 7 aromatic carbocycles. The summed E-state index contributed by atoms with van der Waals surface area (Å²) in [6.07, 6.45) is 0. The molecule has 7 aromatic rings. The Balaban J connectivity index is 0.000000351. The molecule has 5 saturated heterocycles. The number of hydrogen-bond acceptors (Lipinski definition) is 14. The summed E-state index contributed by atoms with van der Waals surface area (Å²) in [6.45, 7) is 62.8. The van der Waals surface area contributed by atoms with Crippen LogP contribution in [0, 0.1) is 77.5 Å². The minimum absolute atomic E-state index is 0. The van der Waals surface area contributed by atoms with Crippen molar-refractivity contribution in [3.63, 3.8) is 0 Å². The first kappa shape index (κ1) is 101. The van der Waals surface area contributed by atoms with E-state index >= 15 is 0 Å². The smallest absolute Gasteiger partial charge is 0.541 e. The van der Waals surface area contributed by atoms with Crippen LogP contribution in [0.25, 0.3) is 0 Å². The molecule has 1 atom stereocenters. The molecule has 5 aliphatic heterocycles. The van der Waals surface area contributed by atoms with Crippen molar-refractivity contribution in [1.82, 2.24) is 57.4 Å². The molecule has 12 rings (SSSR count). The van der Waals surface area contributed by atoms with Crippen LogP contribution in [0.5, 0.6) is 0 Å². The van der Waals surface area contributed by atoms with Gasteiger partial charge in [-0.1, -0.05) is 159 Å². The molecule has 0 aliphatic carbocycles. The van der Waals surface area contributed by atoms with Crippen molar-refractivity contribution in [2.24, 2.45) is 0 Å². The van der Waals surface area contributed by atoms with Gasteiger partial charge in [-0.25, -0.2) is 33.3 Å². The number of benzene rings is 7. The van der Waals surface area contributed by atoms with Crippen LogP contribution in [0.4, 0.5) is 11.4 Å². The van der Waals surface area contributed by atoms with Crippen LogP contribution in [-0.4, -0.2) is 175 Å². The van der Waals surface area contributed by atoms with E-state index in [1.54, 1.807) is 0 Å². The molecule has 578 valence electrons. The number of para-hydroxylation sites is 2. The molecule has 109 heavy (non-hydrogen) atoms. The molecule has 0 amide bonds. The first-order valence-corrected chi connectivity index (χ1v) is 37.9. The number of anilines is 2. The van der Waals surface area contributed by atoms with Gasteiger partial charge in [0, 0.05) is 0 Å². The average molecular weight is 2340 g/mol. The third-order valence-electron chi connectivity index (χ3n) is 22.5. The molecule has 0 aromatic heterocycles. The molecule has 5 heterocycles. The van der Waals surface area contributed by atoms with E-state index in [0.29, 0.717) is 68.3 Å². The molecule has 1 unspecified atom stereocenters. The summed E-state index contributed by atoms with van der Waals surface area (Å²) >= 11 is 0. The Hall–Kier alpha value is -2.51. The van der Waals surface area contributed by atoms with Crippen LogP contribution in [0.2, 0.25) is 73.9 Å². The van der Waals surface area contributed by atoms with Gasteiger partial charge in [0.2, 0.25) is 0 Å². The summed E-state index contributed by atoms with van der Waals surface area (Å²) in [4.78, 5) is 23.4. The zero-order chi connectivity index (χ0) is 75.9. The monoisotopic (exact) mass is 2340 g/mol. The maximum Gasteiger partial charge on any atom is 2.00 e. The quantitative estimate of drug-likeness (QED) is 0.0862. The van der Waals surface area contributed by atoms with E-state index < -0.39 is 0 Å². The SMILES string of the molecule is CB1C(C)B(C)N(Cc2[c-]cc(C)cc2C)[CH-]N1C.CB1N(C)[CH-]N(Cc2[c-]ccc(C(C)(C)C)c2)B(C)N1C.CB1N(C)[CH-]N(Cc2[c-]cccc2)B(C)N1C.CB1N(Cc2[c-]cccc2)[CH-]N(c2ccccc2)B(C)N1C.CB1N(Cc2[c-]cccc2)[CH-]N(c2ccccc2)B(C)N1C(C)(C)C.[Os+2].[Os+2].[Os+2].[Os+2].[Os+2]. The van der Waals surface area contributed by atoms with Crippen LogP contribution >= 0.6 is 0 Å². The third kappa shape index (κ3) is 28.1. The van der Waals surface area contributed by atoms with E-state index in [4.69, 9.17) is 0 Å². The maximum atomic E-state index is 3.43. The second-order valence-electron chi connectivity index (χ2n) is 31.7. The second kappa shape index (κ2) is 47.0. The van der Waals surface area contributed by atoms with Crippen LogP contribution in [-0.2, 0) is 137 Å². The van der Waals surface area contributed by atoms with Crippen molar-refractivity contribution < 1.29 is 99.0 Å². The summed E-state index contributed by atoms with van der Waals surface area (Å²) in [7, 11) is 13.0. The normalized spacial score (nSPS) is 18.1. The van der Waals surface area contributed by atoms with Gasteiger partial charge in [-0.3, -0.25) is 0 Å². The van der Waals surface area contributed by atoms with Crippen molar-refractivity contribution in [2.75, 3.05) is 51.9 Å². The Labute approximate surface area is 734 Å². The van der Waals surface area contributed by atoms with Gasteiger partial charge in [0.15, 0.2) is 13.7 Å². The molecule has 0 radical (unpaired) electrons. The van der Waals surface area contributed by atoms with Crippen LogP contribution in [0.3, 0.4) is 0 Å². The Morgan fingerprint density at radius 2 is 0.743 bits per heavy atom. The van der Waals surface area contributed by atoms with Gasteiger partial charge in [-0.15, -0.1) is 5.56 Å². The molecule has 0 saturated carbocycles. The number of nitrogens with zero attached hydrogens (tertiary/aromatic N) is 14.